The van der Waals surface area contributed by atoms with Crippen LogP contribution in [-0.4, -0.2) is 73.8 Å². The number of carbonyl (C=O) groups is 1. The third-order valence-corrected chi connectivity index (χ3v) is 11.7. The molecular weight excluding hydrogens is 821 g/mol. The highest BCUT2D eigenvalue weighted by Gasteiger charge is 2.54. The lowest BCUT2D eigenvalue weighted by atomic mass is 9.94. The van der Waals surface area contributed by atoms with Crippen molar-refractivity contribution < 1.29 is 47.4 Å². The van der Waals surface area contributed by atoms with E-state index in [0.29, 0.717) is 12.2 Å². The number of hydrogen-bond acceptors (Lipinski definition) is 10. The molecule has 2 aliphatic heterocycles. The highest BCUT2D eigenvalue weighted by Crippen LogP contribution is 2.36. The molecule has 5 unspecified atom stereocenters. The van der Waals surface area contributed by atoms with Crippen molar-refractivity contribution >= 4 is 5.97 Å². The van der Waals surface area contributed by atoms with Gasteiger partial charge in [0.05, 0.1) is 57.4 Å². The van der Waals surface area contributed by atoms with Crippen LogP contribution in [0.1, 0.15) is 52.0 Å². The Morgan fingerprint density at radius 1 is 0.415 bits per heavy atom. The number of rotatable bonds is 20. The Kier molecular flexibility index (Phi) is 16.7. The Labute approximate surface area is 382 Å². The van der Waals surface area contributed by atoms with Gasteiger partial charge in [-0.3, -0.25) is 0 Å². The minimum atomic E-state index is -1.09. The van der Waals surface area contributed by atoms with Gasteiger partial charge < -0.3 is 42.6 Å². The van der Waals surface area contributed by atoms with Crippen molar-refractivity contribution in [2.24, 2.45) is 0 Å². The van der Waals surface area contributed by atoms with Gasteiger partial charge in [0.2, 0.25) is 0 Å². The maximum Gasteiger partial charge on any atom is 0.338 e. The van der Waals surface area contributed by atoms with Crippen LogP contribution in [0.25, 0.3) is 0 Å². The van der Waals surface area contributed by atoms with E-state index in [0.717, 1.165) is 27.8 Å². The van der Waals surface area contributed by atoms with E-state index in [4.69, 9.17) is 42.6 Å². The highest BCUT2D eigenvalue weighted by atomic mass is 16.7. The monoisotopic (exact) mass is 878 g/mol. The zero-order chi connectivity index (χ0) is 44.6. The molecule has 0 spiro atoms. The molecule has 6 aromatic carbocycles. The molecule has 2 aliphatic rings. The normalized spacial score (nSPS) is 25.4. The van der Waals surface area contributed by atoms with Crippen LogP contribution in [0, 0.1) is 0 Å². The van der Waals surface area contributed by atoms with Gasteiger partial charge in [-0.05, 0) is 53.8 Å². The zero-order valence-corrected chi connectivity index (χ0v) is 36.9. The molecule has 2 heterocycles. The van der Waals surface area contributed by atoms with Gasteiger partial charge in [0.25, 0.3) is 0 Å². The van der Waals surface area contributed by atoms with Crippen LogP contribution in [0.2, 0.25) is 0 Å². The van der Waals surface area contributed by atoms with E-state index < -0.39 is 67.2 Å². The van der Waals surface area contributed by atoms with Gasteiger partial charge >= 0.3 is 5.97 Å². The first-order valence-corrected chi connectivity index (χ1v) is 22.4. The van der Waals surface area contributed by atoms with Crippen molar-refractivity contribution in [3.8, 4) is 0 Å². The van der Waals surface area contributed by atoms with Crippen LogP contribution in [0.3, 0.4) is 0 Å². The fraction of sp³-hybridized carbons (Fsp3) is 0.327. The molecule has 0 aliphatic carbocycles. The second-order valence-electron chi connectivity index (χ2n) is 16.5. The van der Waals surface area contributed by atoms with Gasteiger partial charge in [-0.15, -0.1) is 0 Å². The summed E-state index contributed by atoms with van der Waals surface area (Å²) < 4.78 is 61.3. The molecule has 65 heavy (non-hydrogen) atoms. The molecule has 0 saturated carbocycles. The van der Waals surface area contributed by atoms with Crippen molar-refractivity contribution in [1.82, 2.24) is 0 Å². The minimum absolute atomic E-state index is 0.145. The molecule has 2 saturated heterocycles. The summed E-state index contributed by atoms with van der Waals surface area (Å²) in [6.07, 6.45) is -7.63. The summed E-state index contributed by atoms with van der Waals surface area (Å²) >= 11 is 0. The molecule has 10 heteroatoms. The number of esters is 1. The van der Waals surface area contributed by atoms with E-state index in [1.807, 2.05) is 172 Å². The van der Waals surface area contributed by atoms with Crippen LogP contribution in [0.5, 0.6) is 0 Å². The van der Waals surface area contributed by atoms with Crippen molar-refractivity contribution in [1.29, 1.82) is 0 Å². The third kappa shape index (κ3) is 12.8. The summed E-state index contributed by atoms with van der Waals surface area (Å²) in [6, 6.07) is 58.8. The second-order valence-corrected chi connectivity index (χ2v) is 16.5. The Morgan fingerprint density at radius 3 is 1.28 bits per heavy atom. The van der Waals surface area contributed by atoms with Gasteiger partial charge in [-0.2, -0.15) is 0 Å². The fourth-order valence-electron chi connectivity index (χ4n) is 8.31. The molecule has 0 amide bonds. The summed E-state index contributed by atoms with van der Waals surface area (Å²) in [7, 11) is 0. The lowest BCUT2D eigenvalue weighted by molar-refractivity contribution is -0.358. The van der Waals surface area contributed by atoms with Crippen LogP contribution in [0.4, 0.5) is 0 Å². The van der Waals surface area contributed by atoms with E-state index >= 15 is 0 Å². The average molecular weight is 879 g/mol. The molecule has 2 fully saturated rings. The molecule has 6 aromatic rings. The van der Waals surface area contributed by atoms with Crippen LogP contribution in [0.15, 0.2) is 182 Å². The number of benzene rings is 6. The lowest BCUT2D eigenvalue weighted by Crippen LogP contribution is -2.65. The Bertz CT molecular complexity index is 2270. The van der Waals surface area contributed by atoms with Crippen LogP contribution >= 0.6 is 0 Å². The topological polar surface area (TPSA) is 100 Å². The molecule has 0 radical (unpaired) electrons. The lowest BCUT2D eigenvalue weighted by Gasteiger charge is -2.49. The SMILES string of the molecule is CC1OC(C)[C@H](OCc2ccccc2)[C@H](O[C@H]2O[C@@H](COCc3ccccc3)[C@@H](OCc3ccccc3)C(OCc3ccccc3)C2OCc2ccccc2)C1OC(=O)c1ccccc1. The maximum absolute atomic E-state index is 13.9. The van der Waals surface area contributed by atoms with Crippen molar-refractivity contribution in [3.63, 3.8) is 0 Å². The van der Waals surface area contributed by atoms with Crippen LogP contribution in [-0.2, 0) is 75.7 Å². The van der Waals surface area contributed by atoms with E-state index in [-0.39, 0.29) is 33.0 Å². The van der Waals surface area contributed by atoms with Crippen molar-refractivity contribution in [2.45, 2.75) is 108 Å². The summed E-state index contributed by atoms with van der Waals surface area (Å²) in [5, 5.41) is 0. The molecule has 10 nitrogen and oxygen atoms in total. The van der Waals surface area contributed by atoms with Gasteiger partial charge in [0.1, 0.15) is 36.6 Å². The number of carbonyl (C=O) groups excluding carboxylic acids is 1. The van der Waals surface area contributed by atoms with Crippen LogP contribution < -0.4 is 0 Å². The summed E-state index contributed by atoms with van der Waals surface area (Å²) in [5.41, 5.74) is 5.31. The minimum Gasteiger partial charge on any atom is -0.453 e. The highest BCUT2D eigenvalue weighted by molar-refractivity contribution is 5.89. The fourth-order valence-corrected chi connectivity index (χ4v) is 8.31. The standard InChI is InChI=1S/C55H58O10/c1-39-48(58-34-42-23-11-4-12-24-42)52(49(40(2)62-39)64-54(56)46-31-19-8-20-32-46)65-55-53(61-37-45-29-17-7-18-30-45)51(60-36-44-27-15-6-16-28-44)50(59-35-43-25-13-5-14-26-43)47(63-55)38-57-33-41-21-9-3-10-22-41/h3-32,39-40,47-53,55H,33-38H2,1-2H3/t39?,40?,47-,48-,49?,50+,51?,52-,53?,55+/m0/s1. The quantitative estimate of drug-likeness (QED) is 0.0690. The van der Waals surface area contributed by atoms with E-state index in [2.05, 4.69) is 0 Å². The molecule has 8 rings (SSSR count). The first kappa shape index (κ1) is 46.0. The van der Waals surface area contributed by atoms with Crippen molar-refractivity contribution in [3.05, 3.63) is 215 Å². The molecule has 338 valence electrons. The van der Waals surface area contributed by atoms with Gasteiger partial charge in [0, 0.05) is 0 Å². The number of ether oxygens (including phenoxy) is 9. The molecular formula is C55H58O10. The Balaban J connectivity index is 1.18. The molecule has 0 N–H and O–H groups in total. The zero-order valence-electron chi connectivity index (χ0n) is 36.9. The first-order valence-electron chi connectivity index (χ1n) is 22.4. The second kappa shape index (κ2) is 23.6. The molecule has 10 atom stereocenters. The smallest absolute Gasteiger partial charge is 0.338 e. The summed E-state index contributed by atoms with van der Waals surface area (Å²) in [4.78, 5) is 13.9. The van der Waals surface area contributed by atoms with Crippen molar-refractivity contribution in [2.75, 3.05) is 6.61 Å². The Morgan fingerprint density at radius 2 is 0.800 bits per heavy atom. The molecule has 0 bridgehead atoms. The predicted octanol–water partition coefficient (Wildman–Crippen LogP) is 9.69. The predicted molar refractivity (Wildman–Crippen MR) is 245 cm³/mol. The van der Waals surface area contributed by atoms with E-state index in [1.54, 1.807) is 24.3 Å². The van der Waals surface area contributed by atoms with Gasteiger partial charge in [-0.25, -0.2) is 4.79 Å². The largest absolute Gasteiger partial charge is 0.453 e. The third-order valence-electron chi connectivity index (χ3n) is 11.7. The first-order chi connectivity index (χ1) is 32.0. The average Bonchev–Trinajstić information content (AvgIpc) is 3.35. The molecule has 0 aromatic heterocycles. The summed E-state index contributed by atoms with van der Waals surface area (Å²) in [6.45, 7) is 5.36. The maximum atomic E-state index is 13.9. The van der Waals surface area contributed by atoms with E-state index in [1.165, 1.54) is 0 Å². The van der Waals surface area contributed by atoms with Gasteiger partial charge in [-0.1, -0.05) is 170 Å². The summed E-state index contributed by atoms with van der Waals surface area (Å²) in [5.74, 6) is -0.511. The Hall–Kier alpha value is -5.53. The van der Waals surface area contributed by atoms with Gasteiger partial charge in [0.15, 0.2) is 12.4 Å². The van der Waals surface area contributed by atoms with E-state index in [9.17, 15) is 4.79 Å². The number of hydrogen-bond donors (Lipinski definition) is 0.